The smallest absolute Gasteiger partial charge is 0.0632 e. The Kier molecular flexibility index (Phi) is 3.29. The maximum atomic E-state index is 4.18. The second-order valence-corrected chi connectivity index (χ2v) is 4.11. The molecule has 1 heterocycles. The van der Waals surface area contributed by atoms with E-state index in [-0.39, 0.29) is 0 Å². The molecule has 0 saturated heterocycles. The molecule has 0 N–H and O–H groups in total. The molecule has 4 heteroatoms. The lowest BCUT2D eigenvalue weighted by atomic mass is 10.3. The van der Waals surface area contributed by atoms with Crippen molar-refractivity contribution in [3.63, 3.8) is 0 Å². The molecule has 0 saturated carbocycles. The van der Waals surface area contributed by atoms with Gasteiger partial charge in [-0.25, -0.2) is 0 Å². The molecule has 0 amide bonds. The average Bonchev–Trinajstić information content (AvgIpc) is 2.35. The zero-order valence-electron chi connectivity index (χ0n) is 7.66. The van der Waals surface area contributed by atoms with Gasteiger partial charge in [0.2, 0.25) is 0 Å². The summed E-state index contributed by atoms with van der Waals surface area (Å²) in [7, 11) is 4.15. The van der Waals surface area contributed by atoms with Crippen LogP contribution in [0.1, 0.15) is 6.92 Å². The molecule has 12 heavy (non-hydrogen) atoms. The van der Waals surface area contributed by atoms with Gasteiger partial charge in [-0.05, 0) is 36.9 Å². The van der Waals surface area contributed by atoms with Crippen molar-refractivity contribution in [2.75, 3.05) is 14.1 Å². The minimum atomic E-state index is 0.511. The zero-order valence-corrected chi connectivity index (χ0v) is 9.24. The van der Waals surface area contributed by atoms with Gasteiger partial charge in [0.1, 0.15) is 0 Å². The molecule has 1 aromatic rings. The first-order valence-corrected chi connectivity index (χ1v) is 4.73. The molecule has 1 rings (SSSR count). The second kappa shape index (κ2) is 4.05. The third-order valence-electron chi connectivity index (χ3n) is 1.93. The van der Waals surface area contributed by atoms with Crippen LogP contribution in [0.15, 0.2) is 16.9 Å². The molecule has 1 aromatic heterocycles. The number of rotatable bonds is 3. The fourth-order valence-corrected chi connectivity index (χ4v) is 1.20. The monoisotopic (exact) mass is 231 g/mol. The molecule has 0 aliphatic heterocycles. The van der Waals surface area contributed by atoms with Gasteiger partial charge < -0.3 is 4.90 Å². The SMILES string of the molecule is C[C@H](Cn1cc(Br)cn1)N(C)C. The largest absolute Gasteiger partial charge is 0.305 e. The number of halogens is 1. The molecule has 0 fully saturated rings. The number of nitrogens with zero attached hydrogens (tertiary/aromatic N) is 3. The van der Waals surface area contributed by atoms with Crippen LogP contribution in [-0.4, -0.2) is 34.8 Å². The summed E-state index contributed by atoms with van der Waals surface area (Å²) < 4.78 is 2.97. The minimum absolute atomic E-state index is 0.511. The lowest BCUT2D eigenvalue weighted by Crippen LogP contribution is -2.29. The molecular weight excluding hydrogens is 218 g/mol. The fourth-order valence-electron chi connectivity index (χ4n) is 0.872. The molecule has 3 nitrogen and oxygen atoms in total. The highest BCUT2D eigenvalue weighted by Crippen LogP contribution is 2.07. The van der Waals surface area contributed by atoms with E-state index in [2.05, 4.69) is 46.9 Å². The Morgan fingerprint density at radius 2 is 2.33 bits per heavy atom. The average molecular weight is 232 g/mol. The summed E-state index contributed by atoms with van der Waals surface area (Å²) in [5.41, 5.74) is 0. The maximum absolute atomic E-state index is 4.18. The van der Waals surface area contributed by atoms with Gasteiger partial charge in [-0.2, -0.15) is 5.10 Å². The summed E-state index contributed by atoms with van der Waals surface area (Å²) in [6.07, 6.45) is 3.79. The molecule has 0 bridgehead atoms. The number of hydrogen-bond acceptors (Lipinski definition) is 2. The molecule has 1 atom stereocenters. The number of aromatic nitrogens is 2. The highest BCUT2D eigenvalue weighted by molar-refractivity contribution is 9.10. The summed E-state index contributed by atoms with van der Waals surface area (Å²) >= 11 is 3.36. The normalized spacial score (nSPS) is 13.8. The van der Waals surface area contributed by atoms with Crippen molar-refractivity contribution in [1.82, 2.24) is 14.7 Å². The van der Waals surface area contributed by atoms with E-state index in [0.29, 0.717) is 6.04 Å². The van der Waals surface area contributed by atoms with E-state index in [9.17, 15) is 0 Å². The summed E-state index contributed by atoms with van der Waals surface area (Å²) in [4.78, 5) is 2.18. The highest BCUT2D eigenvalue weighted by atomic mass is 79.9. The van der Waals surface area contributed by atoms with E-state index in [1.54, 1.807) is 0 Å². The first kappa shape index (κ1) is 9.74. The van der Waals surface area contributed by atoms with Crippen LogP contribution in [0.25, 0.3) is 0 Å². The van der Waals surface area contributed by atoms with Crippen LogP contribution < -0.4 is 0 Å². The van der Waals surface area contributed by atoms with Gasteiger partial charge in [-0.15, -0.1) is 0 Å². The van der Waals surface area contributed by atoms with E-state index in [1.165, 1.54) is 0 Å². The summed E-state index contributed by atoms with van der Waals surface area (Å²) in [5.74, 6) is 0. The van der Waals surface area contributed by atoms with E-state index in [0.717, 1.165) is 11.0 Å². The van der Waals surface area contributed by atoms with E-state index in [4.69, 9.17) is 0 Å². The fraction of sp³-hybridized carbons (Fsp3) is 0.625. The van der Waals surface area contributed by atoms with Crippen molar-refractivity contribution >= 4 is 15.9 Å². The third-order valence-corrected chi connectivity index (χ3v) is 2.34. The van der Waals surface area contributed by atoms with Gasteiger partial charge >= 0.3 is 0 Å². The topological polar surface area (TPSA) is 21.1 Å². The van der Waals surface area contributed by atoms with Crippen LogP contribution in [-0.2, 0) is 6.54 Å². The van der Waals surface area contributed by atoms with Gasteiger partial charge in [-0.1, -0.05) is 0 Å². The number of likely N-dealkylation sites (N-methyl/N-ethyl adjacent to an activating group) is 1. The van der Waals surface area contributed by atoms with Gasteiger partial charge in [-0.3, -0.25) is 4.68 Å². The van der Waals surface area contributed by atoms with Crippen LogP contribution >= 0.6 is 15.9 Å². The first-order chi connectivity index (χ1) is 5.59. The molecule has 0 radical (unpaired) electrons. The Morgan fingerprint density at radius 3 is 2.75 bits per heavy atom. The molecule has 0 unspecified atom stereocenters. The summed E-state index contributed by atoms with van der Waals surface area (Å²) in [5, 5.41) is 4.18. The van der Waals surface area contributed by atoms with E-state index in [1.807, 2.05) is 17.1 Å². The molecule has 68 valence electrons. The van der Waals surface area contributed by atoms with Crippen LogP contribution in [0.2, 0.25) is 0 Å². The Labute approximate surface area is 81.5 Å². The lowest BCUT2D eigenvalue weighted by Gasteiger charge is -2.19. The predicted molar refractivity (Wildman–Crippen MR) is 53.1 cm³/mol. The van der Waals surface area contributed by atoms with Gasteiger partial charge in [0, 0.05) is 12.2 Å². The quantitative estimate of drug-likeness (QED) is 0.789. The molecule has 0 aromatic carbocycles. The predicted octanol–water partition coefficient (Wildman–Crippen LogP) is 1.60. The number of hydrogen-bond donors (Lipinski definition) is 0. The first-order valence-electron chi connectivity index (χ1n) is 3.94. The Morgan fingerprint density at radius 1 is 1.67 bits per heavy atom. The van der Waals surface area contributed by atoms with Gasteiger partial charge in [0.15, 0.2) is 0 Å². The van der Waals surface area contributed by atoms with Crippen molar-refractivity contribution < 1.29 is 0 Å². The van der Waals surface area contributed by atoms with Crippen LogP contribution in [0, 0.1) is 0 Å². The van der Waals surface area contributed by atoms with Gasteiger partial charge in [0.25, 0.3) is 0 Å². The molecule has 0 spiro atoms. The van der Waals surface area contributed by atoms with Crippen molar-refractivity contribution in [2.24, 2.45) is 0 Å². The van der Waals surface area contributed by atoms with Crippen LogP contribution in [0.5, 0.6) is 0 Å². The Balaban J connectivity index is 2.52. The van der Waals surface area contributed by atoms with Crippen LogP contribution in [0.3, 0.4) is 0 Å². The molecule has 0 aliphatic carbocycles. The molecular formula is C8H14BrN3. The lowest BCUT2D eigenvalue weighted by molar-refractivity contribution is 0.275. The minimum Gasteiger partial charge on any atom is -0.305 e. The van der Waals surface area contributed by atoms with Crippen molar-refractivity contribution in [1.29, 1.82) is 0 Å². The van der Waals surface area contributed by atoms with Crippen molar-refractivity contribution in [3.8, 4) is 0 Å². The zero-order chi connectivity index (χ0) is 9.14. The standard InChI is InChI=1S/C8H14BrN3/c1-7(11(2)3)5-12-6-8(9)4-10-12/h4,6-7H,5H2,1-3H3/t7-/m1/s1. The Bertz CT molecular complexity index is 244. The van der Waals surface area contributed by atoms with Crippen molar-refractivity contribution in [3.05, 3.63) is 16.9 Å². The summed E-state index contributed by atoms with van der Waals surface area (Å²) in [6.45, 7) is 3.11. The van der Waals surface area contributed by atoms with E-state index >= 15 is 0 Å². The Hall–Kier alpha value is -0.350. The van der Waals surface area contributed by atoms with Crippen molar-refractivity contribution in [2.45, 2.75) is 19.5 Å². The van der Waals surface area contributed by atoms with Gasteiger partial charge in [0.05, 0.1) is 17.2 Å². The maximum Gasteiger partial charge on any atom is 0.0632 e. The third kappa shape index (κ3) is 2.60. The molecule has 0 aliphatic rings. The highest BCUT2D eigenvalue weighted by Gasteiger charge is 2.05. The van der Waals surface area contributed by atoms with Crippen LogP contribution in [0.4, 0.5) is 0 Å². The summed E-state index contributed by atoms with van der Waals surface area (Å²) in [6, 6.07) is 0.511. The van der Waals surface area contributed by atoms with E-state index < -0.39 is 0 Å². The second-order valence-electron chi connectivity index (χ2n) is 3.19.